The summed E-state index contributed by atoms with van der Waals surface area (Å²) >= 11 is 6.28. The Kier molecular flexibility index (Phi) is 10.3. The number of nitrogens with one attached hydrogen (secondary N) is 1. The minimum Gasteiger partial charge on any atom is -0.445 e. The highest BCUT2D eigenvalue weighted by Crippen LogP contribution is 2.29. The molecule has 5 rings (SSSR count). The van der Waals surface area contributed by atoms with Gasteiger partial charge in [0.25, 0.3) is 5.91 Å². The molecule has 0 radical (unpaired) electrons. The van der Waals surface area contributed by atoms with Gasteiger partial charge < -0.3 is 14.2 Å². The van der Waals surface area contributed by atoms with Gasteiger partial charge in [-0.15, -0.1) is 0 Å². The van der Waals surface area contributed by atoms with E-state index in [1.807, 2.05) is 66.1 Å². The second-order valence-corrected chi connectivity index (χ2v) is 13.6. The summed E-state index contributed by atoms with van der Waals surface area (Å²) in [5.41, 5.74) is 3.89. The average molecular weight is 636 g/mol. The van der Waals surface area contributed by atoms with Gasteiger partial charge in [-0.25, -0.2) is 17.9 Å². The van der Waals surface area contributed by atoms with E-state index in [0.29, 0.717) is 35.8 Å². The molecule has 1 aliphatic heterocycles. The lowest BCUT2D eigenvalue weighted by Crippen LogP contribution is -2.45. The summed E-state index contributed by atoms with van der Waals surface area (Å²) in [4.78, 5) is 28.1. The van der Waals surface area contributed by atoms with Crippen molar-refractivity contribution in [3.63, 3.8) is 0 Å². The van der Waals surface area contributed by atoms with E-state index in [1.54, 1.807) is 17.0 Å². The molecule has 2 heterocycles. The highest BCUT2D eigenvalue weighted by atomic mass is 35.5. The van der Waals surface area contributed by atoms with Crippen molar-refractivity contribution in [3.05, 3.63) is 106 Å². The van der Waals surface area contributed by atoms with Gasteiger partial charge in [0.2, 0.25) is 10.0 Å². The molecule has 8 nitrogen and oxygen atoms in total. The van der Waals surface area contributed by atoms with Crippen LogP contribution >= 0.6 is 11.6 Å². The number of amides is 2. The number of hydrogen-bond donors (Lipinski definition) is 1. The number of fused-ring (bicyclic) bond motifs is 1. The van der Waals surface area contributed by atoms with Gasteiger partial charge in [0.15, 0.2) is 0 Å². The molecule has 0 bridgehead atoms. The normalized spacial score (nSPS) is 15.3. The molecule has 1 fully saturated rings. The zero-order valence-corrected chi connectivity index (χ0v) is 26.4. The fraction of sp³-hybridized carbons (Fsp3) is 0.353. The molecule has 1 saturated heterocycles. The van der Waals surface area contributed by atoms with Crippen molar-refractivity contribution in [2.24, 2.45) is 0 Å². The van der Waals surface area contributed by atoms with Crippen molar-refractivity contribution >= 4 is 44.5 Å². The second kappa shape index (κ2) is 14.3. The molecule has 1 aliphatic rings. The summed E-state index contributed by atoms with van der Waals surface area (Å²) in [7, 11) is -3.99. The average Bonchev–Trinajstić information content (AvgIpc) is 3.30. The van der Waals surface area contributed by atoms with E-state index in [9.17, 15) is 18.0 Å². The van der Waals surface area contributed by atoms with Crippen LogP contribution < -0.4 is 4.72 Å². The first-order valence-corrected chi connectivity index (χ1v) is 17.1. The van der Waals surface area contributed by atoms with Crippen molar-refractivity contribution < 1.29 is 22.7 Å². The van der Waals surface area contributed by atoms with Crippen molar-refractivity contribution in [1.29, 1.82) is 0 Å². The molecule has 3 aromatic carbocycles. The molecule has 0 saturated carbocycles. The molecular formula is C34H38ClN3O5S. The van der Waals surface area contributed by atoms with Gasteiger partial charge in [-0.3, -0.25) is 4.79 Å². The summed E-state index contributed by atoms with van der Waals surface area (Å²) < 4.78 is 36.2. The van der Waals surface area contributed by atoms with Gasteiger partial charge >= 0.3 is 6.09 Å². The van der Waals surface area contributed by atoms with Crippen LogP contribution in [0, 0.1) is 6.92 Å². The van der Waals surface area contributed by atoms with Crippen LogP contribution in [0.25, 0.3) is 10.9 Å². The molecular weight excluding hydrogens is 598 g/mol. The number of carbonyl (C=O) groups excluding carboxylic acids is 2. The first-order valence-electron chi connectivity index (χ1n) is 15.1. The maximum atomic E-state index is 13.6. The van der Waals surface area contributed by atoms with Crippen LogP contribution in [0.4, 0.5) is 4.79 Å². The number of halogens is 1. The van der Waals surface area contributed by atoms with Crippen LogP contribution in [-0.4, -0.2) is 48.2 Å². The zero-order valence-electron chi connectivity index (χ0n) is 24.9. The Morgan fingerprint density at radius 1 is 0.977 bits per heavy atom. The third kappa shape index (κ3) is 7.81. The molecule has 1 atom stereocenters. The number of carbonyl (C=O) groups is 2. The molecule has 2 amide bonds. The lowest BCUT2D eigenvalue weighted by molar-refractivity contribution is 0.0672. The Balaban J connectivity index is 1.26. The van der Waals surface area contributed by atoms with E-state index in [2.05, 4.69) is 16.9 Å². The molecule has 4 aromatic rings. The van der Waals surface area contributed by atoms with Gasteiger partial charge in [0.1, 0.15) is 12.3 Å². The summed E-state index contributed by atoms with van der Waals surface area (Å²) in [5, 5.41) is 1.35. The monoisotopic (exact) mass is 635 g/mol. The number of hydrogen-bond acceptors (Lipinski definition) is 5. The fourth-order valence-corrected chi connectivity index (χ4v) is 7.22. The lowest BCUT2D eigenvalue weighted by atomic mass is 10.0. The molecule has 0 spiro atoms. The van der Waals surface area contributed by atoms with E-state index < -0.39 is 22.0 Å². The largest absolute Gasteiger partial charge is 0.445 e. The third-order valence-electron chi connectivity index (χ3n) is 8.22. The Bertz CT molecular complexity index is 1710. The maximum absolute atomic E-state index is 13.6. The molecule has 44 heavy (non-hydrogen) atoms. The molecule has 0 aliphatic carbocycles. The third-order valence-corrected chi connectivity index (χ3v) is 9.72. The number of likely N-dealkylation sites (tertiary alicyclic amines) is 1. The Morgan fingerprint density at radius 2 is 1.68 bits per heavy atom. The minimum absolute atomic E-state index is 0.154. The van der Waals surface area contributed by atoms with Gasteiger partial charge in [-0.2, -0.15) is 0 Å². The van der Waals surface area contributed by atoms with Crippen molar-refractivity contribution in [2.75, 3.05) is 12.3 Å². The van der Waals surface area contributed by atoms with Crippen LogP contribution in [0.3, 0.4) is 0 Å². The van der Waals surface area contributed by atoms with Crippen LogP contribution in [0.1, 0.15) is 59.3 Å². The predicted octanol–water partition coefficient (Wildman–Crippen LogP) is 6.88. The number of aryl methyl sites for hydroxylation is 3. The quantitative estimate of drug-likeness (QED) is 0.194. The zero-order chi connectivity index (χ0) is 31.1. The SMILES string of the molecule is Cc1c(C(=O)NS(=O)(=O)CCC2CCCCN2C(=O)OCc2ccccc2)n(CCCc2ccccc2)c2ccc(Cl)cc12. The fourth-order valence-electron chi connectivity index (χ4n) is 5.98. The van der Waals surface area contributed by atoms with E-state index >= 15 is 0 Å². The number of ether oxygens (including phenoxy) is 1. The van der Waals surface area contributed by atoms with Gasteiger partial charge in [0.05, 0.1) is 5.75 Å². The molecule has 1 N–H and O–H groups in total. The molecule has 1 unspecified atom stereocenters. The lowest BCUT2D eigenvalue weighted by Gasteiger charge is -2.34. The maximum Gasteiger partial charge on any atom is 0.410 e. The smallest absolute Gasteiger partial charge is 0.410 e. The van der Waals surface area contributed by atoms with Crippen LogP contribution in [-0.2, 0) is 34.3 Å². The first-order chi connectivity index (χ1) is 21.2. The standard InChI is InChI=1S/C34H38ClN3O5S/c1-25-30-23-28(35)17-18-31(30)38(21-10-15-26-11-4-2-5-12-26)32(25)33(39)36-44(41,42)22-19-29-16-8-9-20-37(29)34(40)43-24-27-13-6-3-7-14-27/h2-7,11-14,17-18,23,29H,8-10,15-16,19-22,24H2,1H3,(H,36,39). The highest BCUT2D eigenvalue weighted by Gasteiger charge is 2.30. The Labute approximate surface area is 264 Å². The molecule has 1 aromatic heterocycles. The topological polar surface area (TPSA) is 97.7 Å². The number of rotatable bonds is 11. The first kappa shape index (κ1) is 31.6. The summed E-state index contributed by atoms with van der Waals surface area (Å²) in [6.45, 7) is 3.01. The van der Waals surface area contributed by atoms with Gasteiger partial charge in [-0.05, 0) is 80.3 Å². The van der Waals surface area contributed by atoms with Crippen molar-refractivity contribution in [3.8, 4) is 0 Å². The van der Waals surface area contributed by atoms with E-state index in [-0.39, 0.29) is 24.8 Å². The van der Waals surface area contributed by atoms with E-state index in [1.165, 1.54) is 5.56 Å². The van der Waals surface area contributed by atoms with Crippen LogP contribution in [0.15, 0.2) is 78.9 Å². The van der Waals surface area contributed by atoms with Crippen molar-refractivity contribution in [2.45, 2.75) is 64.6 Å². The summed E-state index contributed by atoms with van der Waals surface area (Å²) in [6, 6.07) is 24.7. The second-order valence-electron chi connectivity index (χ2n) is 11.3. The number of sulfonamides is 1. The summed E-state index contributed by atoms with van der Waals surface area (Å²) in [5.74, 6) is -0.956. The number of aromatic nitrogens is 1. The summed E-state index contributed by atoms with van der Waals surface area (Å²) in [6.07, 6.45) is 3.74. The van der Waals surface area contributed by atoms with E-state index in [4.69, 9.17) is 16.3 Å². The van der Waals surface area contributed by atoms with Crippen molar-refractivity contribution in [1.82, 2.24) is 14.2 Å². The van der Waals surface area contributed by atoms with E-state index in [0.717, 1.165) is 42.1 Å². The molecule has 232 valence electrons. The molecule has 10 heteroatoms. The highest BCUT2D eigenvalue weighted by molar-refractivity contribution is 7.90. The Morgan fingerprint density at radius 3 is 2.41 bits per heavy atom. The Hall–Kier alpha value is -3.82. The number of benzene rings is 3. The van der Waals surface area contributed by atoms with Crippen LogP contribution in [0.5, 0.6) is 0 Å². The predicted molar refractivity (Wildman–Crippen MR) is 173 cm³/mol. The number of piperidine rings is 1. The minimum atomic E-state index is -3.99. The van der Waals surface area contributed by atoms with Gasteiger partial charge in [-0.1, -0.05) is 72.3 Å². The van der Waals surface area contributed by atoms with Crippen LogP contribution in [0.2, 0.25) is 5.02 Å². The van der Waals surface area contributed by atoms with Gasteiger partial charge in [0, 0.05) is 35.1 Å². The number of nitrogens with zero attached hydrogens (tertiary/aromatic N) is 2.